The lowest BCUT2D eigenvalue weighted by Gasteiger charge is -2.33. The summed E-state index contributed by atoms with van der Waals surface area (Å²) in [6, 6.07) is 0. The fourth-order valence-corrected chi connectivity index (χ4v) is 1.09. The van der Waals surface area contributed by atoms with Crippen LogP contribution in [-0.2, 0) is 9.47 Å². The van der Waals surface area contributed by atoms with Crippen LogP contribution < -0.4 is 0 Å². The number of ether oxygens (including phenoxy) is 2. The summed E-state index contributed by atoms with van der Waals surface area (Å²) in [6.07, 6.45) is 1.85. The Labute approximate surface area is 89.0 Å². The Morgan fingerprint density at radius 3 is 1.36 bits per heavy atom. The van der Waals surface area contributed by atoms with E-state index < -0.39 is 0 Å². The van der Waals surface area contributed by atoms with Gasteiger partial charge in [0.25, 0.3) is 0 Å². The van der Waals surface area contributed by atoms with E-state index in [4.69, 9.17) is 9.47 Å². The predicted molar refractivity (Wildman–Crippen MR) is 60.4 cm³/mol. The molecule has 0 aliphatic rings. The van der Waals surface area contributed by atoms with Gasteiger partial charge in [-0.05, 0) is 47.5 Å². The summed E-state index contributed by atoms with van der Waals surface area (Å²) in [5, 5.41) is 0. The summed E-state index contributed by atoms with van der Waals surface area (Å²) in [6.45, 7) is 14.6. The van der Waals surface area contributed by atoms with Crippen molar-refractivity contribution in [1.29, 1.82) is 0 Å². The molecule has 0 saturated carbocycles. The first-order chi connectivity index (χ1) is 6.22. The molecule has 0 aromatic carbocycles. The van der Waals surface area contributed by atoms with Gasteiger partial charge in [0.2, 0.25) is 0 Å². The van der Waals surface area contributed by atoms with Gasteiger partial charge in [0.05, 0.1) is 11.2 Å². The second-order valence-electron chi connectivity index (χ2n) is 5.03. The Morgan fingerprint density at radius 2 is 1.14 bits per heavy atom. The molecule has 0 fully saturated rings. The third-order valence-electron chi connectivity index (χ3n) is 2.67. The Morgan fingerprint density at radius 1 is 0.857 bits per heavy atom. The van der Waals surface area contributed by atoms with E-state index in [-0.39, 0.29) is 17.5 Å². The van der Waals surface area contributed by atoms with Gasteiger partial charge >= 0.3 is 0 Å². The van der Waals surface area contributed by atoms with Crippen LogP contribution in [0.4, 0.5) is 0 Å². The Kier molecular flexibility index (Phi) is 5.10. The first-order valence-electron chi connectivity index (χ1n) is 5.58. The molecule has 0 heterocycles. The molecule has 14 heavy (non-hydrogen) atoms. The maximum absolute atomic E-state index is 5.80. The smallest absolute Gasteiger partial charge is 0.156 e. The second-order valence-corrected chi connectivity index (χ2v) is 5.03. The molecule has 0 unspecified atom stereocenters. The van der Waals surface area contributed by atoms with E-state index in [0.717, 1.165) is 12.8 Å². The first kappa shape index (κ1) is 13.9. The van der Waals surface area contributed by atoms with Gasteiger partial charge in [-0.3, -0.25) is 0 Å². The lowest BCUT2D eigenvalue weighted by atomic mass is 10.1. The molecule has 2 heteroatoms. The lowest BCUT2D eigenvalue weighted by Crippen LogP contribution is -2.35. The lowest BCUT2D eigenvalue weighted by molar-refractivity contribution is -0.233. The standard InChI is InChI=1S/C12H26O2/c1-8-11(4,5)13-10(3)14-12(6,7)9-2/h10H,8-9H2,1-7H3. The summed E-state index contributed by atoms with van der Waals surface area (Å²) in [5.74, 6) is 0. The van der Waals surface area contributed by atoms with Crippen molar-refractivity contribution in [2.75, 3.05) is 0 Å². The van der Waals surface area contributed by atoms with Gasteiger partial charge in [-0.1, -0.05) is 13.8 Å². The van der Waals surface area contributed by atoms with Crippen molar-refractivity contribution in [2.24, 2.45) is 0 Å². The van der Waals surface area contributed by atoms with Gasteiger partial charge in [-0.25, -0.2) is 0 Å². The van der Waals surface area contributed by atoms with Gasteiger partial charge in [0, 0.05) is 0 Å². The molecular weight excluding hydrogens is 176 g/mol. The molecule has 0 radical (unpaired) electrons. The first-order valence-corrected chi connectivity index (χ1v) is 5.58. The second kappa shape index (κ2) is 5.13. The topological polar surface area (TPSA) is 18.5 Å². The van der Waals surface area contributed by atoms with Crippen LogP contribution in [0.25, 0.3) is 0 Å². The Bertz CT molecular complexity index is 144. The zero-order valence-electron chi connectivity index (χ0n) is 10.8. The Hall–Kier alpha value is -0.0800. The van der Waals surface area contributed by atoms with E-state index in [0.29, 0.717) is 0 Å². The molecule has 0 atom stereocenters. The molecule has 0 saturated heterocycles. The van der Waals surface area contributed by atoms with Gasteiger partial charge in [-0.2, -0.15) is 0 Å². The van der Waals surface area contributed by atoms with Crippen LogP contribution in [0.5, 0.6) is 0 Å². The van der Waals surface area contributed by atoms with Crippen molar-refractivity contribution in [3.8, 4) is 0 Å². The van der Waals surface area contributed by atoms with Gasteiger partial charge in [-0.15, -0.1) is 0 Å². The van der Waals surface area contributed by atoms with Crippen LogP contribution in [0.15, 0.2) is 0 Å². The average Bonchev–Trinajstić information content (AvgIpc) is 2.02. The molecular formula is C12H26O2. The van der Waals surface area contributed by atoms with E-state index in [1.807, 2.05) is 6.92 Å². The molecule has 0 bridgehead atoms. The molecule has 0 aromatic heterocycles. The highest BCUT2D eigenvalue weighted by Crippen LogP contribution is 2.22. The highest BCUT2D eigenvalue weighted by Gasteiger charge is 2.24. The van der Waals surface area contributed by atoms with Crippen LogP contribution in [0.3, 0.4) is 0 Å². The monoisotopic (exact) mass is 202 g/mol. The van der Waals surface area contributed by atoms with Gasteiger partial charge in [0.1, 0.15) is 0 Å². The highest BCUT2D eigenvalue weighted by atomic mass is 16.7. The van der Waals surface area contributed by atoms with Crippen LogP contribution in [0.2, 0.25) is 0 Å². The van der Waals surface area contributed by atoms with Crippen molar-refractivity contribution in [3.05, 3.63) is 0 Å². The minimum Gasteiger partial charge on any atom is -0.347 e. The molecule has 0 aliphatic carbocycles. The molecule has 2 nitrogen and oxygen atoms in total. The van der Waals surface area contributed by atoms with E-state index in [9.17, 15) is 0 Å². The van der Waals surface area contributed by atoms with Crippen LogP contribution in [0, 0.1) is 0 Å². The van der Waals surface area contributed by atoms with Crippen molar-refractivity contribution >= 4 is 0 Å². The van der Waals surface area contributed by atoms with Gasteiger partial charge in [0.15, 0.2) is 6.29 Å². The normalized spacial score (nSPS) is 13.7. The quantitative estimate of drug-likeness (QED) is 0.611. The SMILES string of the molecule is CCC(C)(C)OC(C)OC(C)(C)CC. The summed E-state index contributed by atoms with van der Waals surface area (Å²) in [5.41, 5.74) is -0.188. The predicted octanol–water partition coefficient (Wildman–Crippen LogP) is 3.74. The molecule has 0 aromatic rings. The fourth-order valence-electron chi connectivity index (χ4n) is 1.09. The van der Waals surface area contributed by atoms with E-state index in [1.165, 1.54) is 0 Å². The van der Waals surface area contributed by atoms with Crippen molar-refractivity contribution in [1.82, 2.24) is 0 Å². The zero-order valence-corrected chi connectivity index (χ0v) is 10.8. The summed E-state index contributed by atoms with van der Waals surface area (Å²) < 4.78 is 11.6. The molecule has 0 rings (SSSR count). The summed E-state index contributed by atoms with van der Waals surface area (Å²) in [7, 11) is 0. The highest BCUT2D eigenvalue weighted by molar-refractivity contribution is 4.69. The largest absolute Gasteiger partial charge is 0.347 e. The minimum atomic E-state index is -0.139. The number of hydrogen-bond acceptors (Lipinski definition) is 2. The fraction of sp³-hybridized carbons (Fsp3) is 1.00. The van der Waals surface area contributed by atoms with Crippen LogP contribution in [0.1, 0.15) is 61.3 Å². The molecule has 0 spiro atoms. The maximum Gasteiger partial charge on any atom is 0.156 e. The molecule has 86 valence electrons. The average molecular weight is 202 g/mol. The number of rotatable bonds is 6. The maximum atomic E-state index is 5.80. The zero-order chi connectivity index (χ0) is 11.4. The molecule has 0 aliphatic heterocycles. The van der Waals surface area contributed by atoms with Crippen molar-refractivity contribution < 1.29 is 9.47 Å². The van der Waals surface area contributed by atoms with Crippen molar-refractivity contribution in [3.63, 3.8) is 0 Å². The Balaban J connectivity index is 4.04. The summed E-state index contributed by atoms with van der Waals surface area (Å²) >= 11 is 0. The number of hydrogen-bond donors (Lipinski definition) is 0. The van der Waals surface area contributed by atoms with Crippen LogP contribution >= 0.6 is 0 Å². The van der Waals surface area contributed by atoms with Gasteiger partial charge < -0.3 is 9.47 Å². The van der Waals surface area contributed by atoms with E-state index in [1.54, 1.807) is 0 Å². The minimum absolute atomic E-state index is 0.0940. The molecule has 0 N–H and O–H groups in total. The van der Waals surface area contributed by atoms with E-state index in [2.05, 4.69) is 41.5 Å². The van der Waals surface area contributed by atoms with Crippen molar-refractivity contribution in [2.45, 2.75) is 78.8 Å². The molecule has 0 amide bonds. The third kappa shape index (κ3) is 5.61. The van der Waals surface area contributed by atoms with Crippen LogP contribution in [-0.4, -0.2) is 17.5 Å². The summed E-state index contributed by atoms with van der Waals surface area (Å²) in [4.78, 5) is 0. The van der Waals surface area contributed by atoms with E-state index >= 15 is 0 Å². The third-order valence-corrected chi connectivity index (χ3v) is 2.67.